The van der Waals surface area contributed by atoms with Gasteiger partial charge < -0.3 is 0 Å². The highest BCUT2D eigenvalue weighted by Crippen LogP contribution is 2.28. The van der Waals surface area contributed by atoms with Gasteiger partial charge in [-0.05, 0) is 24.1 Å². The second-order valence-electron chi connectivity index (χ2n) is 4.79. The smallest absolute Gasteiger partial charge is 0.163 e. The Labute approximate surface area is 112 Å². The van der Waals surface area contributed by atoms with E-state index >= 15 is 0 Å². The van der Waals surface area contributed by atoms with Crippen LogP contribution < -0.4 is 0 Å². The van der Waals surface area contributed by atoms with E-state index in [1.54, 1.807) is 18.2 Å². The summed E-state index contributed by atoms with van der Waals surface area (Å²) in [6.07, 6.45) is 6.83. The fourth-order valence-corrected chi connectivity index (χ4v) is 3.01. The molecule has 1 aromatic carbocycles. The third-order valence-corrected chi connectivity index (χ3v) is 3.82. The topological polar surface area (TPSA) is 17.1 Å². The van der Waals surface area contributed by atoms with Crippen LogP contribution in [0.5, 0.6) is 0 Å². The van der Waals surface area contributed by atoms with Crippen molar-refractivity contribution in [2.75, 3.05) is 0 Å². The highest BCUT2D eigenvalue weighted by Gasteiger charge is 2.18. The highest BCUT2D eigenvalue weighted by atomic mass is 35.5. The van der Waals surface area contributed by atoms with Crippen LogP contribution in [0, 0.1) is 5.92 Å². The largest absolute Gasteiger partial charge is 0.294 e. The van der Waals surface area contributed by atoms with Crippen molar-refractivity contribution in [3.05, 3.63) is 33.8 Å². The van der Waals surface area contributed by atoms with Crippen LogP contribution >= 0.6 is 23.2 Å². The van der Waals surface area contributed by atoms with E-state index in [1.807, 2.05) is 0 Å². The maximum atomic E-state index is 12.1. The van der Waals surface area contributed by atoms with E-state index < -0.39 is 0 Å². The van der Waals surface area contributed by atoms with Crippen molar-refractivity contribution in [1.82, 2.24) is 0 Å². The molecule has 3 heteroatoms. The Balaban J connectivity index is 2.03. The number of hydrogen-bond acceptors (Lipinski definition) is 1. The number of halogens is 2. The van der Waals surface area contributed by atoms with Gasteiger partial charge in [-0.15, -0.1) is 0 Å². The van der Waals surface area contributed by atoms with Crippen LogP contribution in [0.4, 0.5) is 0 Å². The van der Waals surface area contributed by atoms with Gasteiger partial charge in [-0.3, -0.25) is 4.79 Å². The summed E-state index contributed by atoms with van der Waals surface area (Å²) in [4.78, 5) is 12.1. The zero-order valence-electron chi connectivity index (χ0n) is 9.72. The summed E-state index contributed by atoms with van der Waals surface area (Å²) in [7, 11) is 0. The van der Waals surface area contributed by atoms with E-state index in [-0.39, 0.29) is 5.78 Å². The second kappa shape index (κ2) is 5.88. The molecule has 2 rings (SSSR count). The first-order chi connectivity index (χ1) is 8.15. The molecule has 0 bridgehead atoms. The molecule has 0 spiro atoms. The Morgan fingerprint density at radius 1 is 1.06 bits per heavy atom. The van der Waals surface area contributed by atoms with Gasteiger partial charge in [-0.1, -0.05) is 55.3 Å². The molecule has 0 aliphatic heterocycles. The highest BCUT2D eigenvalue weighted by molar-refractivity contribution is 6.35. The number of carbonyl (C=O) groups is 1. The average molecular weight is 271 g/mol. The Kier molecular flexibility index (Phi) is 4.47. The van der Waals surface area contributed by atoms with E-state index in [0.29, 0.717) is 27.9 Å². The molecule has 0 unspecified atom stereocenters. The quantitative estimate of drug-likeness (QED) is 0.695. The number of carbonyl (C=O) groups excluding carboxylic acids is 1. The standard InChI is InChI=1S/C14H16Cl2O/c15-12-7-11(8-13(16)9-12)14(17)6-10-4-2-1-3-5-10/h7-10H,1-6H2. The molecule has 1 nitrogen and oxygen atoms in total. The fraction of sp³-hybridized carbons (Fsp3) is 0.500. The fourth-order valence-electron chi connectivity index (χ4n) is 2.49. The van der Waals surface area contributed by atoms with E-state index in [2.05, 4.69) is 0 Å². The summed E-state index contributed by atoms with van der Waals surface area (Å²) >= 11 is 11.8. The molecule has 0 radical (unpaired) electrons. The molecule has 0 amide bonds. The molecule has 92 valence electrons. The van der Waals surface area contributed by atoms with Crippen molar-refractivity contribution < 1.29 is 4.79 Å². The zero-order chi connectivity index (χ0) is 12.3. The van der Waals surface area contributed by atoms with Crippen molar-refractivity contribution in [3.8, 4) is 0 Å². The van der Waals surface area contributed by atoms with Crippen LogP contribution in [0.1, 0.15) is 48.9 Å². The molecule has 0 saturated heterocycles. The van der Waals surface area contributed by atoms with Gasteiger partial charge in [0.25, 0.3) is 0 Å². The van der Waals surface area contributed by atoms with Gasteiger partial charge in [-0.2, -0.15) is 0 Å². The van der Waals surface area contributed by atoms with E-state index in [9.17, 15) is 4.79 Å². The van der Waals surface area contributed by atoms with E-state index in [4.69, 9.17) is 23.2 Å². The van der Waals surface area contributed by atoms with Crippen LogP contribution in [0.15, 0.2) is 18.2 Å². The van der Waals surface area contributed by atoms with Gasteiger partial charge in [0.2, 0.25) is 0 Å². The van der Waals surface area contributed by atoms with Crippen LogP contribution in [-0.2, 0) is 0 Å². The average Bonchev–Trinajstić information content (AvgIpc) is 2.29. The molecule has 17 heavy (non-hydrogen) atoms. The minimum absolute atomic E-state index is 0.168. The SMILES string of the molecule is O=C(CC1CCCCC1)c1cc(Cl)cc(Cl)c1. The van der Waals surface area contributed by atoms with Crippen LogP contribution in [0.25, 0.3) is 0 Å². The minimum Gasteiger partial charge on any atom is -0.294 e. The predicted molar refractivity (Wildman–Crippen MR) is 72.0 cm³/mol. The molecular formula is C14H16Cl2O. The van der Waals surface area contributed by atoms with Gasteiger partial charge >= 0.3 is 0 Å². The van der Waals surface area contributed by atoms with Crippen molar-refractivity contribution in [3.63, 3.8) is 0 Å². The summed E-state index contributed by atoms with van der Waals surface area (Å²) in [6, 6.07) is 5.07. The number of hydrogen-bond donors (Lipinski definition) is 0. The summed E-state index contributed by atoms with van der Waals surface area (Å²) in [5.41, 5.74) is 0.646. The number of rotatable bonds is 3. The lowest BCUT2D eigenvalue weighted by atomic mass is 9.85. The first-order valence-corrected chi connectivity index (χ1v) is 6.90. The van der Waals surface area contributed by atoms with Crippen molar-refractivity contribution in [2.45, 2.75) is 38.5 Å². The van der Waals surface area contributed by atoms with Crippen molar-refractivity contribution in [1.29, 1.82) is 0 Å². The molecule has 0 aromatic heterocycles. The molecule has 0 heterocycles. The lowest BCUT2D eigenvalue weighted by Gasteiger charge is -2.20. The lowest BCUT2D eigenvalue weighted by molar-refractivity contribution is 0.0950. The van der Waals surface area contributed by atoms with Gasteiger partial charge in [0, 0.05) is 22.0 Å². The van der Waals surface area contributed by atoms with Crippen molar-refractivity contribution in [2.24, 2.45) is 5.92 Å². The maximum Gasteiger partial charge on any atom is 0.163 e. The lowest BCUT2D eigenvalue weighted by Crippen LogP contribution is -2.12. The third kappa shape index (κ3) is 3.72. The van der Waals surface area contributed by atoms with E-state index in [0.717, 1.165) is 0 Å². The Hall–Kier alpha value is -0.530. The normalized spacial score (nSPS) is 17.1. The number of ketones is 1. The second-order valence-corrected chi connectivity index (χ2v) is 5.66. The molecule has 0 atom stereocenters. The molecule has 1 aromatic rings. The Bertz CT molecular complexity index is 388. The van der Waals surface area contributed by atoms with Gasteiger partial charge in [0.15, 0.2) is 5.78 Å². The minimum atomic E-state index is 0.168. The molecule has 0 N–H and O–H groups in total. The summed E-state index contributed by atoms with van der Waals surface area (Å²) < 4.78 is 0. The van der Waals surface area contributed by atoms with Crippen LogP contribution in [0.2, 0.25) is 10.0 Å². The third-order valence-electron chi connectivity index (χ3n) is 3.38. The van der Waals surface area contributed by atoms with Gasteiger partial charge in [0.05, 0.1) is 0 Å². The Morgan fingerprint density at radius 3 is 2.24 bits per heavy atom. The Morgan fingerprint density at radius 2 is 1.65 bits per heavy atom. The first-order valence-electron chi connectivity index (χ1n) is 6.14. The number of Topliss-reactive ketones (excluding diaryl/α,β-unsaturated/α-hetero) is 1. The van der Waals surface area contributed by atoms with Crippen LogP contribution in [-0.4, -0.2) is 5.78 Å². The van der Waals surface area contributed by atoms with Gasteiger partial charge in [0.1, 0.15) is 0 Å². The maximum absolute atomic E-state index is 12.1. The van der Waals surface area contributed by atoms with Crippen molar-refractivity contribution >= 4 is 29.0 Å². The molecular weight excluding hydrogens is 255 g/mol. The summed E-state index contributed by atoms with van der Waals surface area (Å²) in [6.45, 7) is 0. The monoisotopic (exact) mass is 270 g/mol. The zero-order valence-corrected chi connectivity index (χ0v) is 11.2. The first kappa shape index (κ1) is 12.9. The summed E-state index contributed by atoms with van der Waals surface area (Å²) in [5.74, 6) is 0.718. The van der Waals surface area contributed by atoms with Crippen LogP contribution in [0.3, 0.4) is 0 Å². The predicted octanol–water partition coefficient (Wildman–Crippen LogP) is 5.15. The molecule has 1 aliphatic carbocycles. The number of benzene rings is 1. The summed E-state index contributed by atoms with van der Waals surface area (Å²) in [5, 5.41) is 1.06. The molecule has 1 aliphatic rings. The molecule has 1 fully saturated rings. The van der Waals surface area contributed by atoms with E-state index in [1.165, 1.54) is 32.1 Å². The molecule has 1 saturated carbocycles. The van der Waals surface area contributed by atoms with Gasteiger partial charge in [-0.25, -0.2) is 0 Å².